The highest BCUT2D eigenvalue weighted by Crippen LogP contribution is 2.60. The van der Waals surface area contributed by atoms with Gasteiger partial charge in [0.1, 0.15) is 11.5 Å². The molecule has 4 rings (SSSR count). The van der Waals surface area contributed by atoms with Gasteiger partial charge in [-0.25, -0.2) is 0 Å². The summed E-state index contributed by atoms with van der Waals surface area (Å²) in [4.78, 5) is 27.9. The summed E-state index contributed by atoms with van der Waals surface area (Å²) in [6, 6.07) is 8.03. The summed E-state index contributed by atoms with van der Waals surface area (Å²) >= 11 is 0. The number of aryl methyl sites for hydroxylation is 2. The van der Waals surface area contributed by atoms with Crippen LogP contribution in [0.25, 0.3) is 0 Å². The van der Waals surface area contributed by atoms with Crippen molar-refractivity contribution < 1.29 is 19.1 Å². The number of ether oxygens (including phenoxy) is 2. The number of benzene rings is 2. The van der Waals surface area contributed by atoms with Gasteiger partial charge in [-0.3, -0.25) is 9.59 Å². The molecule has 0 N–H and O–H groups in total. The molecule has 39 heavy (non-hydrogen) atoms. The van der Waals surface area contributed by atoms with Crippen LogP contribution in [0.2, 0.25) is 0 Å². The molecule has 4 atom stereocenters. The van der Waals surface area contributed by atoms with Gasteiger partial charge in [0.25, 0.3) is 0 Å². The summed E-state index contributed by atoms with van der Waals surface area (Å²) in [6.07, 6.45) is 9.49. The second kappa shape index (κ2) is 11.7. The average molecular weight is 531 g/mol. The fourth-order valence-electron chi connectivity index (χ4n) is 7.46. The molecular formula is C35H46O4. The van der Waals surface area contributed by atoms with E-state index >= 15 is 0 Å². The highest BCUT2D eigenvalue weighted by molar-refractivity contribution is 5.87. The third-order valence-electron chi connectivity index (χ3n) is 9.52. The first kappa shape index (κ1) is 29.1. The van der Waals surface area contributed by atoms with Gasteiger partial charge in [0.2, 0.25) is 0 Å². The fraction of sp³-hybridized carbons (Fsp3) is 0.543. The van der Waals surface area contributed by atoms with E-state index in [4.69, 9.17) is 9.47 Å². The molecular weight excluding hydrogens is 484 g/mol. The van der Waals surface area contributed by atoms with E-state index in [9.17, 15) is 9.59 Å². The van der Waals surface area contributed by atoms with E-state index < -0.39 is 11.8 Å². The van der Waals surface area contributed by atoms with Gasteiger partial charge in [-0.1, -0.05) is 79.7 Å². The molecule has 2 aliphatic carbocycles. The van der Waals surface area contributed by atoms with E-state index in [1.807, 2.05) is 12.1 Å². The van der Waals surface area contributed by atoms with Crippen molar-refractivity contribution in [1.82, 2.24) is 0 Å². The second-order valence-corrected chi connectivity index (χ2v) is 11.6. The second-order valence-electron chi connectivity index (χ2n) is 11.6. The number of hydrogen-bond acceptors (Lipinski definition) is 4. The van der Waals surface area contributed by atoms with E-state index in [0.29, 0.717) is 11.5 Å². The van der Waals surface area contributed by atoms with Crippen molar-refractivity contribution in [2.75, 3.05) is 0 Å². The molecule has 2 aromatic carbocycles. The van der Waals surface area contributed by atoms with Crippen molar-refractivity contribution >= 4 is 11.9 Å². The van der Waals surface area contributed by atoms with Crippen LogP contribution in [-0.2, 0) is 48.1 Å². The van der Waals surface area contributed by atoms with Crippen molar-refractivity contribution in [3.05, 3.63) is 69.8 Å². The monoisotopic (exact) mass is 530 g/mol. The van der Waals surface area contributed by atoms with Gasteiger partial charge in [-0.05, 0) is 101 Å². The molecule has 0 aliphatic heterocycles. The van der Waals surface area contributed by atoms with Gasteiger partial charge in [0.15, 0.2) is 0 Å². The van der Waals surface area contributed by atoms with Gasteiger partial charge in [-0.15, -0.1) is 0 Å². The molecule has 0 aromatic heterocycles. The molecule has 1 fully saturated rings. The van der Waals surface area contributed by atoms with Gasteiger partial charge < -0.3 is 9.47 Å². The number of carbonyl (C=O) groups is 2. The molecule has 0 radical (unpaired) electrons. The van der Waals surface area contributed by atoms with Crippen LogP contribution in [0.4, 0.5) is 0 Å². The minimum absolute atomic E-state index is 0.0718. The van der Waals surface area contributed by atoms with Crippen LogP contribution in [-0.4, -0.2) is 11.9 Å². The largest absolute Gasteiger partial charge is 0.426 e. The standard InChI is InChI=1S/C35H46O4/c1-9-21-15-19-29(25(13-5)23(21)11-3)38-33(36)31-27-17-18-28(35(27,7)8)32(31)34(37)39-30-20-16-22(10-2)24(12-4)26(30)14-6/h15-20,27-28,31-32H,9-14H2,1-8H3. The lowest BCUT2D eigenvalue weighted by Gasteiger charge is -2.26. The van der Waals surface area contributed by atoms with Crippen LogP contribution in [0.5, 0.6) is 11.5 Å². The molecule has 2 aromatic rings. The first-order valence-corrected chi connectivity index (χ1v) is 15.1. The normalized spacial score (nSPS) is 22.8. The maximum atomic E-state index is 13.9. The van der Waals surface area contributed by atoms with Crippen LogP contribution in [0, 0.1) is 29.1 Å². The van der Waals surface area contributed by atoms with Crippen LogP contribution in [0.15, 0.2) is 36.4 Å². The van der Waals surface area contributed by atoms with Crippen LogP contribution < -0.4 is 9.47 Å². The Morgan fingerprint density at radius 1 is 0.590 bits per heavy atom. The number of fused-ring (bicyclic) bond motifs is 2. The molecule has 0 amide bonds. The quantitative estimate of drug-likeness (QED) is 0.180. The maximum Gasteiger partial charge on any atom is 0.315 e. The Morgan fingerprint density at radius 2 is 0.949 bits per heavy atom. The maximum absolute atomic E-state index is 13.9. The van der Waals surface area contributed by atoms with Crippen LogP contribution >= 0.6 is 0 Å². The van der Waals surface area contributed by atoms with Crippen molar-refractivity contribution in [2.24, 2.45) is 29.1 Å². The summed E-state index contributed by atoms with van der Waals surface area (Å²) in [6.45, 7) is 17.1. The fourth-order valence-corrected chi connectivity index (χ4v) is 7.46. The summed E-state index contributed by atoms with van der Waals surface area (Å²) in [7, 11) is 0. The Bertz CT molecular complexity index is 1170. The molecule has 0 saturated heterocycles. The first-order chi connectivity index (χ1) is 18.7. The van der Waals surface area contributed by atoms with Crippen LogP contribution in [0.1, 0.15) is 88.8 Å². The van der Waals surface area contributed by atoms with E-state index in [1.165, 1.54) is 22.3 Å². The predicted octanol–water partition coefficient (Wildman–Crippen LogP) is 7.65. The smallest absolute Gasteiger partial charge is 0.315 e. The highest BCUT2D eigenvalue weighted by Gasteiger charge is 2.62. The molecule has 210 valence electrons. The SMILES string of the molecule is CCc1ccc(OC(=O)C2C(C(=O)Oc3ccc(CC)c(CC)c3CC)C3C=CC2C3(C)C)c(CC)c1CC. The average Bonchev–Trinajstić information content (AvgIpc) is 3.36. The summed E-state index contributed by atoms with van der Waals surface area (Å²) < 4.78 is 12.3. The Morgan fingerprint density at radius 3 is 1.26 bits per heavy atom. The molecule has 1 saturated carbocycles. The van der Waals surface area contributed by atoms with Crippen molar-refractivity contribution in [3.63, 3.8) is 0 Å². The third kappa shape index (κ3) is 4.96. The van der Waals surface area contributed by atoms with Gasteiger partial charge in [-0.2, -0.15) is 0 Å². The first-order valence-electron chi connectivity index (χ1n) is 15.1. The Balaban J connectivity index is 1.67. The number of carbonyl (C=O) groups excluding carboxylic acids is 2. The zero-order chi connectivity index (χ0) is 28.5. The van der Waals surface area contributed by atoms with Gasteiger partial charge in [0.05, 0.1) is 11.8 Å². The summed E-state index contributed by atoms with van der Waals surface area (Å²) in [5.41, 5.74) is 7.10. The Kier molecular flexibility index (Phi) is 8.73. The predicted molar refractivity (Wildman–Crippen MR) is 157 cm³/mol. The Labute approximate surface area is 235 Å². The molecule has 0 spiro atoms. The minimum atomic E-state index is -0.575. The molecule has 4 unspecified atom stereocenters. The number of allylic oxidation sites excluding steroid dienone is 2. The summed E-state index contributed by atoms with van der Waals surface area (Å²) in [5, 5.41) is 0. The van der Waals surface area contributed by atoms with Crippen molar-refractivity contribution in [3.8, 4) is 11.5 Å². The lowest BCUT2D eigenvalue weighted by molar-refractivity contribution is -0.151. The number of rotatable bonds is 10. The van der Waals surface area contributed by atoms with E-state index in [1.54, 1.807) is 0 Å². The van der Waals surface area contributed by atoms with E-state index in [2.05, 4.69) is 79.7 Å². The summed E-state index contributed by atoms with van der Waals surface area (Å²) in [5.74, 6) is -0.686. The van der Waals surface area contributed by atoms with E-state index in [0.717, 1.165) is 49.7 Å². The van der Waals surface area contributed by atoms with Crippen molar-refractivity contribution in [2.45, 2.75) is 93.9 Å². The molecule has 4 heteroatoms. The lowest BCUT2D eigenvalue weighted by atomic mass is 9.79. The third-order valence-corrected chi connectivity index (χ3v) is 9.52. The lowest BCUT2D eigenvalue weighted by Crippen LogP contribution is -2.38. The topological polar surface area (TPSA) is 52.6 Å². The molecule has 4 nitrogen and oxygen atoms in total. The van der Waals surface area contributed by atoms with E-state index in [-0.39, 0.29) is 29.2 Å². The number of esters is 2. The molecule has 2 aliphatic rings. The van der Waals surface area contributed by atoms with Gasteiger partial charge in [0, 0.05) is 0 Å². The van der Waals surface area contributed by atoms with Crippen LogP contribution in [0.3, 0.4) is 0 Å². The zero-order valence-corrected chi connectivity index (χ0v) is 25.1. The highest BCUT2D eigenvalue weighted by atomic mass is 16.5. The number of hydrogen-bond donors (Lipinski definition) is 0. The minimum Gasteiger partial charge on any atom is -0.426 e. The molecule has 0 heterocycles. The molecule has 2 bridgehead atoms. The Hall–Kier alpha value is -2.88. The van der Waals surface area contributed by atoms with Gasteiger partial charge >= 0.3 is 11.9 Å². The van der Waals surface area contributed by atoms with Crippen molar-refractivity contribution in [1.29, 1.82) is 0 Å². The zero-order valence-electron chi connectivity index (χ0n) is 25.1.